The summed E-state index contributed by atoms with van der Waals surface area (Å²) in [6, 6.07) is 46.9. The van der Waals surface area contributed by atoms with Crippen LogP contribution in [0.2, 0.25) is 0 Å². The lowest BCUT2D eigenvalue weighted by Gasteiger charge is -2.26. The van der Waals surface area contributed by atoms with Crippen LogP contribution >= 0.6 is 29.6 Å². The average molecular weight is 511 g/mol. The molecular weight excluding hydrogens is 488 g/mol. The summed E-state index contributed by atoms with van der Waals surface area (Å²) >= 11 is 10.3. The molecule has 0 aliphatic rings. The molecule has 0 unspecified atom stereocenters. The normalized spacial score (nSPS) is 11.3. The molecule has 0 aromatic heterocycles. The Bertz CT molecular complexity index is 1370. The SMILES string of the molecule is S=P(c1ccccc1)(c1ccccc1)c1ccccc1Sc1ccccc1Sc1ccccc1. The predicted octanol–water partition coefficient (Wildman–Crippen LogP) is 7.74. The maximum absolute atomic E-state index is 6.64. The van der Waals surface area contributed by atoms with E-state index >= 15 is 0 Å². The van der Waals surface area contributed by atoms with Gasteiger partial charge < -0.3 is 0 Å². The van der Waals surface area contributed by atoms with Gasteiger partial charge in [-0.25, -0.2) is 0 Å². The highest BCUT2D eigenvalue weighted by atomic mass is 32.4. The molecule has 5 rings (SSSR count). The second-order valence-corrected chi connectivity index (χ2v) is 14.3. The van der Waals surface area contributed by atoms with Crippen LogP contribution in [0.1, 0.15) is 0 Å². The molecule has 0 aliphatic carbocycles. The Hall–Kier alpha value is -2.55. The minimum atomic E-state index is -2.23. The van der Waals surface area contributed by atoms with Crippen molar-refractivity contribution in [2.24, 2.45) is 0 Å². The highest BCUT2D eigenvalue weighted by molar-refractivity contribution is 8.25. The smallest absolute Gasteiger partial charge is 0.0390 e. The first-order valence-electron chi connectivity index (χ1n) is 11.1. The van der Waals surface area contributed by atoms with E-state index in [4.69, 9.17) is 11.8 Å². The van der Waals surface area contributed by atoms with Crippen molar-refractivity contribution in [2.75, 3.05) is 0 Å². The van der Waals surface area contributed by atoms with Crippen molar-refractivity contribution < 1.29 is 0 Å². The van der Waals surface area contributed by atoms with Gasteiger partial charge in [-0.2, -0.15) is 0 Å². The van der Waals surface area contributed by atoms with Crippen LogP contribution in [0.5, 0.6) is 0 Å². The molecule has 0 atom stereocenters. The van der Waals surface area contributed by atoms with E-state index in [9.17, 15) is 0 Å². The molecular formula is C30H23PS3. The van der Waals surface area contributed by atoms with Crippen LogP contribution in [0.3, 0.4) is 0 Å². The molecule has 0 aliphatic heterocycles. The molecule has 0 N–H and O–H groups in total. The van der Waals surface area contributed by atoms with Gasteiger partial charge in [0.15, 0.2) is 0 Å². The Morgan fingerprint density at radius 3 is 1.38 bits per heavy atom. The molecule has 34 heavy (non-hydrogen) atoms. The Balaban J connectivity index is 1.60. The van der Waals surface area contributed by atoms with Crippen LogP contribution in [0, 0.1) is 0 Å². The number of rotatable bonds is 7. The van der Waals surface area contributed by atoms with Crippen molar-refractivity contribution >= 4 is 57.3 Å². The lowest BCUT2D eigenvalue weighted by molar-refractivity contribution is 1.24. The molecule has 4 heteroatoms. The second-order valence-electron chi connectivity index (χ2n) is 7.71. The van der Waals surface area contributed by atoms with Gasteiger partial charge in [0.1, 0.15) is 0 Å². The number of hydrogen-bond acceptors (Lipinski definition) is 3. The molecule has 0 nitrogen and oxygen atoms in total. The van der Waals surface area contributed by atoms with E-state index in [1.54, 1.807) is 11.8 Å². The van der Waals surface area contributed by atoms with E-state index in [0.29, 0.717) is 0 Å². The third-order valence-electron chi connectivity index (χ3n) is 5.48. The van der Waals surface area contributed by atoms with Crippen LogP contribution < -0.4 is 15.9 Å². The second kappa shape index (κ2) is 10.8. The average Bonchev–Trinajstić information content (AvgIpc) is 2.91. The van der Waals surface area contributed by atoms with E-state index in [1.165, 1.54) is 35.5 Å². The molecule has 0 spiro atoms. The van der Waals surface area contributed by atoms with Crippen molar-refractivity contribution in [3.63, 3.8) is 0 Å². The van der Waals surface area contributed by atoms with E-state index in [1.807, 2.05) is 11.8 Å². The molecule has 5 aromatic rings. The van der Waals surface area contributed by atoms with Gasteiger partial charge in [-0.1, -0.05) is 145 Å². The molecule has 0 saturated carbocycles. The van der Waals surface area contributed by atoms with E-state index in [0.717, 1.165) is 0 Å². The minimum Gasteiger partial charge on any atom is -0.0889 e. The zero-order chi connectivity index (χ0) is 23.2. The fraction of sp³-hybridized carbons (Fsp3) is 0. The molecule has 0 fully saturated rings. The zero-order valence-electron chi connectivity index (χ0n) is 18.5. The highest BCUT2D eigenvalue weighted by Crippen LogP contribution is 2.47. The van der Waals surface area contributed by atoms with Gasteiger partial charge in [0.25, 0.3) is 0 Å². The van der Waals surface area contributed by atoms with Crippen molar-refractivity contribution in [2.45, 2.75) is 19.6 Å². The zero-order valence-corrected chi connectivity index (χ0v) is 21.8. The topological polar surface area (TPSA) is 0 Å². The van der Waals surface area contributed by atoms with Crippen LogP contribution in [0.15, 0.2) is 159 Å². The van der Waals surface area contributed by atoms with Crippen LogP contribution in [0.4, 0.5) is 0 Å². The molecule has 166 valence electrons. The molecule has 0 heterocycles. The van der Waals surface area contributed by atoms with Crippen molar-refractivity contribution in [3.05, 3.63) is 140 Å². The van der Waals surface area contributed by atoms with Crippen LogP contribution in [0.25, 0.3) is 0 Å². The van der Waals surface area contributed by atoms with Gasteiger partial charge in [-0.05, 0) is 40.9 Å². The Morgan fingerprint density at radius 1 is 0.412 bits per heavy atom. The first kappa shape index (κ1) is 23.2. The highest BCUT2D eigenvalue weighted by Gasteiger charge is 2.27. The van der Waals surface area contributed by atoms with Gasteiger partial charge in [-0.3, -0.25) is 0 Å². The van der Waals surface area contributed by atoms with Crippen LogP contribution in [-0.2, 0) is 11.8 Å². The fourth-order valence-electron chi connectivity index (χ4n) is 3.86. The van der Waals surface area contributed by atoms with E-state index < -0.39 is 6.04 Å². The van der Waals surface area contributed by atoms with E-state index in [2.05, 4.69) is 140 Å². The molecule has 0 bridgehead atoms. The van der Waals surface area contributed by atoms with Gasteiger partial charge in [-0.15, -0.1) is 0 Å². The number of benzene rings is 5. The lowest BCUT2D eigenvalue weighted by Crippen LogP contribution is -2.25. The third-order valence-corrected chi connectivity index (χ3v) is 13.0. The summed E-state index contributed by atoms with van der Waals surface area (Å²) in [5.41, 5.74) is 0. The molecule has 5 aromatic carbocycles. The van der Waals surface area contributed by atoms with Crippen molar-refractivity contribution in [1.29, 1.82) is 0 Å². The van der Waals surface area contributed by atoms with Gasteiger partial charge in [0.2, 0.25) is 0 Å². The maximum Gasteiger partial charge on any atom is 0.0390 e. The number of hydrogen-bond donors (Lipinski definition) is 0. The van der Waals surface area contributed by atoms with Gasteiger partial charge in [0.05, 0.1) is 0 Å². The predicted molar refractivity (Wildman–Crippen MR) is 154 cm³/mol. The largest absolute Gasteiger partial charge is 0.0889 e. The first-order chi connectivity index (χ1) is 16.7. The van der Waals surface area contributed by atoms with Gasteiger partial charge >= 0.3 is 0 Å². The summed E-state index contributed by atoms with van der Waals surface area (Å²) in [6.45, 7) is 0. The Kier molecular flexibility index (Phi) is 7.37. The fourth-order valence-corrected chi connectivity index (χ4v) is 10.5. The maximum atomic E-state index is 6.64. The van der Waals surface area contributed by atoms with Crippen molar-refractivity contribution in [1.82, 2.24) is 0 Å². The molecule has 0 saturated heterocycles. The Labute approximate surface area is 215 Å². The van der Waals surface area contributed by atoms with Crippen LogP contribution in [-0.4, -0.2) is 0 Å². The first-order valence-corrected chi connectivity index (χ1v) is 15.5. The minimum absolute atomic E-state index is 1.22. The van der Waals surface area contributed by atoms with E-state index in [-0.39, 0.29) is 0 Å². The van der Waals surface area contributed by atoms with Gasteiger partial charge in [0, 0.05) is 30.9 Å². The monoisotopic (exact) mass is 510 g/mol. The standard InChI is InChI=1S/C30H23PS3/c32-31(24-14-4-1-5-15-24,25-16-6-2-7-17-25)27-20-10-11-21-28(27)34-30-23-13-12-22-29(30)33-26-18-8-3-9-19-26/h1-23H. The Morgan fingerprint density at radius 2 is 0.824 bits per heavy atom. The van der Waals surface area contributed by atoms with Crippen molar-refractivity contribution in [3.8, 4) is 0 Å². The summed E-state index contributed by atoms with van der Waals surface area (Å²) in [6.07, 6.45) is 0. The summed E-state index contributed by atoms with van der Waals surface area (Å²) in [7, 11) is 0. The lowest BCUT2D eigenvalue weighted by atomic mass is 10.3. The summed E-state index contributed by atoms with van der Waals surface area (Å²) in [5.74, 6) is 0. The summed E-state index contributed by atoms with van der Waals surface area (Å²) in [5, 5.41) is 3.68. The summed E-state index contributed by atoms with van der Waals surface area (Å²) < 4.78 is 0. The quantitative estimate of drug-likeness (QED) is 0.206. The third kappa shape index (κ3) is 4.94. The molecule has 0 amide bonds. The summed E-state index contributed by atoms with van der Waals surface area (Å²) in [4.78, 5) is 4.95. The molecule has 0 radical (unpaired) electrons.